The molecule has 0 aromatic rings. The quantitative estimate of drug-likeness (QED) is 0.777. The summed E-state index contributed by atoms with van der Waals surface area (Å²) in [4.78, 5) is 12.3. The molecule has 2 unspecified atom stereocenters. The normalized spacial score (nSPS) is 22.4. The Morgan fingerprint density at radius 2 is 1.90 bits per heavy atom. The van der Waals surface area contributed by atoms with E-state index < -0.39 is 0 Å². The predicted molar refractivity (Wildman–Crippen MR) is 83.7 cm³/mol. The summed E-state index contributed by atoms with van der Waals surface area (Å²) in [5.41, 5.74) is 0.189. The standard InChI is InChI=1S/C17H33NO2/c1-7-17(5,6)12-14(16(2,3)4)20-15(19)13-10-8-9-11-18-13/h13-14,18H,7-12H2,1-6H3. The van der Waals surface area contributed by atoms with Gasteiger partial charge in [0.05, 0.1) is 0 Å². The molecular formula is C17H33NO2. The van der Waals surface area contributed by atoms with Gasteiger partial charge in [0.25, 0.3) is 0 Å². The van der Waals surface area contributed by atoms with E-state index in [2.05, 4.69) is 46.9 Å². The van der Waals surface area contributed by atoms with E-state index in [1.54, 1.807) is 0 Å². The van der Waals surface area contributed by atoms with Gasteiger partial charge in [0.1, 0.15) is 12.1 Å². The van der Waals surface area contributed by atoms with Crippen molar-refractivity contribution in [1.82, 2.24) is 5.32 Å². The van der Waals surface area contributed by atoms with Crippen molar-refractivity contribution in [3.05, 3.63) is 0 Å². The van der Waals surface area contributed by atoms with Crippen molar-refractivity contribution in [2.45, 2.75) is 85.8 Å². The maximum absolute atomic E-state index is 12.3. The van der Waals surface area contributed by atoms with Crippen molar-refractivity contribution in [2.75, 3.05) is 6.54 Å². The summed E-state index contributed by atoms with van der Waals surface area (Å²) in [5.74, 6) is -0.0588. The summed E-state index contributed by atoms with van der Waals surface area (Å²) < 4.78 is 5.89. The molecule has 0 saturated carbocycles. The van der Waals surface area contributed by atoms with Gasteiger partial charge in [-0.15, -0.1) is 0 Å². The summed E-state index contributed by atoms with van der Waals surface area (Å²) >= 11 is 0. The largest absolute Gasteiger partial charge is 0.461 e. The minimum absolute atomic E-state index is 0.0171. The first kappa shape index (κ1) is 17.5. The topological polar surface area (TPSA) is 38.3 Å². The molecule has 3 heteroatoms. The molecule has 0 spiro atoms. The zero-order valence-corrected chi connectivity index (χ0v) is 14.2. The molecule has 1 fully saturated rings. The van der Waals surface area contributed by atoms with Crippen LogP contribution in [0.5, 0.6) is 0 Å². The molecule has 1 aliphatic rings. The number of hydrogen-bond donors (Lipinski definition) is 1. The van der Waals surface area contributed by atoms with E-state index in [-0.39, 0.29) is 28.9 Å². The van der Waals surface area contributed by atoms with E-state index >= 15 is 0 Å². The number of hydrogen-bond acceptors (Lipinski definition) is 3. The molecule has 0 radical (unpaired) electrons. The second kappa shape index (κ2) is 6.93. The molecule has 20 heavy (non-hydrogen) atoms. The minimum Gasteiger partial charge on any atom is -0.461 e. The maximum atomic E-state index is 12.3. The highest BCUT2D eigenvalue weighted by atomic mass is 16.5. The van der Waals surface area contributed by atoms with E-state index in [4.69, 9.17) is 4.74 Å². The van der Waals surface area contributed by atoms with Crippen molar-refractivity contribution in [2.24, 2.45) is 10.8 Å². The smallest absolute Gasteiger partial charge is 0.323 e. The number of carbonyl (C=O) groups is 1. The van der Waals surface area contributed by atoms with Gasteiger partial charge in [-0.1, -0.05) is 54.4 Å². The van der Waals surface area contributed by atoms with Crippen molar-refractivity contribution in [3.8, 4) is 0 Å². The van der Waals surface area contributed by atoms with Crippen LogP contribution in [0.25, 0.3) is 0 Å². The zero-order chi connectivity index (χ0) is 15.4. The zero-order valence-electron chi connectivity index (χ0n) is 14.2. The van der Waals surface area contributed by atoms with Crippen LogP contribution in [0.2, 0.25) is 0 Å². The Morgan fingerprint density at radius 1 is 1.25 bits per heavy atom. The average Bonchev–Trinajstić information content (AvgIpc) is 2.37. The SMILES string of the molecule is CCC(C)(C)CC(OC(=O)C1CCCCN1)C(C)(C)C. The fraction of sp³-hybridized carbons (Fsp3) is 0.941. The lowest BCUT2D eigenvalue weighted by Crippen LogP contribution is -2.45. The minimum atomic E-state index is -0.0988. The van der Waals surface area contributed by atoms with Crippen LogP contribution in [-0.4, -0.2) is 24.7 Å². The Morgan fingerprint density at radius 3 is 2.35 bits per heavy atom. The molecule has 0 aromatic carbocycles. The van der Waals surface area contributed by atoms with Crippen LogP contribution < -0.4 is 5.32 Å². The van der Waals surface area contributed by atoms with Crippen molar-refractivity contribution in [3.63, 3.8) is 0 Å². The molecule has 1 rings (SSSR count). The highest BCUT2D eigenvalue weighted by Gasteiger charge is 2.35. The Balaban J connectivity index is 2.67. The molecule has 1 heterocycles. The first-order valence-electron chi connectivity index (χ1n) is 8.09. The Hall–Kier alpha value is -0.570. The van der Waals surface area contributed by atoms with Gasteiger partial charge in [0.15, 0.2) is 0 Å². The second-order valence-corrected chi connectivity index (χ2v) is 8.02. The first-order chi connectivity index (χ1) is 9.15. The van der Waals surface area contributed by atoms with E-state index in [9.17, 15) is 4.79 Å². The number of piperidine rings is 1. The predicted octanol–water partition coefficient (Wildman–Crippen LogP) is 3.91. The van der Waals surface area contributed by atoms with E-state index in [1.807, 2.05) is 0 Å². The molecule has 0 bridgehead atoms. The van der Waals surface area contributed by atoms with E-state index in [0.717, 1.165) is 38.6 Å². The molecule has 1 N–H and O–H groups in total. The summed E-state index contributed by atoms with van der Waals surface area (Å²) in [5, 5.41) is 3.28. The van der Waals surface area contributed by atoms with Crippen molar-refractivity contribution < 1.29 is 9.53 Å². The highest BCUT2D eigenvalue weighted by Crippen LogP contribution is 2.35. The van der Waals surface area contributed by atoms with Gasteiger partial charge in [0.2, 0.25) is 0 Å². The number of ether oxygens (including phenoxy) is 1. The molecule has 3 nitrogen and oxygen atoms in total. The van der Waals surface area contributed by atoms with Crippen LogP contribution in [0, 0.1) is 10.8 Å². The van der Waals surface area contributed by atoms with Crippen LogP contribution in [0.3, 0.4) is 0 Å². The maximum Gasteiger partial charge on any atom is 0.323 e. The summed E-state index contributed by atoms with van der Waals surface area (Å²) in [6, 6.07) is -0.0988. The van der Waals surface area contributed by atoms with Crippen LogP contribution in [0.15, 0.2) is 0 Å². The van der Waals surface area contributed by atoms with Gasteiger partial charge in [-0.25, -0.2) is 0 Å². The third-order valence-electron chi connectivity index (χ3n) is 4.51. The molecule has 1 saturated heterocycles. The molecule has 2 atom stereocenters. The molecule has 0 amide bonds. The van der Waals surface area contributed by atoms with Gasteiger partial charge >= 0.3 is 5.97 Å². The number of esters is 1. The summed E-state index contributed by atoms with van der Waals surface area (Å²) in [6.07, 6.45) is 5.19. The second-order valence-electron chi connectivity index (χ2n) is 8.02. The van der Waals surface area contributed by atoms with Gasteiger partial charge in [-0.3, -0.25) is 4.79 Å². The molecule has 118 valence electrons. The monoisotopic (exact) mass is 283 g/mol. The van der Waals surface area contributed by atoms with Crippen LogP contribution in [0.4, 0.5) is 0 Å². The van der Waals surface area contributed by atoms with E-state index in [0.29, 0.717) is 0 Å². The average molecular weight is 283 g/mol. The van der Waals surface area contributed by atoms with Crippen molar-refractivity contribution >= 4 is 5.97 Å². The number of nitrogens with one attached hydrogen (secondary N) is 1. The van der Waals surface area contributed by atoms with Gasteiger partial charge in [-0.2, -0.15) is 0 Å². The summed E-state index contributed by atoms with van der Waals surface area (Å²) in [6.45, 7) is 14.1. The Bertz CT molecular complexity index is 311. The third-order valence-corrected chi connectivity index (χ3v) is 4.51. The fourth-order valence-electron chi connectivity index (χ4n) is 2.45. The van der Waals surface area contributed by atoms with Crippen LogP contribution in [0.1, 0.15) is 73.6 Å². The Kier molecular flexibility index (Phi) is 6.06. The van der Waals surface area contributed by atoms with Crippen molar-refractivity contribution in [1.29, 1.82) is 0 Å². The third kappa shape index (κ3) is 5.43. The molecule has 0 aliphatic carbocycles. The van der Waals surface area contributed by atoms with Gasteiger partial charge < -0.3 is 10.1 Å². The van der Waals surface area contributed by atoms with E-state index in [1.165, 1.54) is 0 Å². The lowest BCUT2D eigenvalue weighted by molar-refractivity contribution is -0.160. The molecule has 1 aliphatic heterocycles. The first-order valence-corrected chi connectivity index (χ1v) is 8.09. The molecule has 0 aromatic heterocycles. The van der Waals surface area contributed by atoms with Crippen LogP contribution in [-0.2, 0) is 9.53 Å². The molecular weight excluding hydrogens is 250 g/mol. The fourth-order valence-corrected chi connectivity index (χ4v) is 2.45. The highest BCUT2D eigenvalue weighted by molar-refractivity contribution is 5.76. The Labute approximate surface area is 124 Å². The summed E-state index contributed by atoms with van der Waals surface area (Å²) in [7, 11) is 0. The van der Waals surface area contributed by atoms with Crippen LogP contribution >= 0.6 is 0 Å². The number of carbonyl (C=O) groups excluding carboxylic acids is 1. The van der Waals surface area contributed by atoms with Gasteiger partial charge in [-0.05, 0) is 36.6 Å². The number of rotatable bonds is 5. The van der Waals surface area contributed by atoms with Gasteiger partial charge in [0, 0.05) is 0 Å². The lowest BCUT2D eigenvalue weighted by Gasteiger charge is -2.37. The lowest BCUT2D eigenvalue weighted by atomic mass is 9.76.